The molecule has 4 atom stereocenters. The number of benzene rings is 3. The minimum atomic E-state index is -2.03. The number of nitrogens with one attached hydrogen (secondary N) is 1. The predicted molar refractivity (Wildman–Crippen MR) is 289 cm³/mol. The number of rotatable bonds is 11. The highest BCUT2D eigenvalue weighted by Crippen LogP contribution is 2.47. The second-order valence-electron chi connectivity index (χ2n) is 20.8. The van der Waals surface area contributed by atoms with E-state index in [0.29, 0.717) is 35.3 Å². The standard InChI is InChI=1S/C56H46ClF4N11O8S/c1-3-56(77)35-16-41-45-28(20-72(41)51(74)34(35)24-78-52(56)75)13-27-14-40(38(60)17-39(27)65-45)66-54(76)79-23-26(2)50(73)71-12-11-69(22-30(71)7-9-62)49-32-15-36(57)43(31-5-6-37(59)47-42(31)33(19-63)48(64)81-47)44(61)46(32)67-53(68-49)80-25-55-8-4-10-70(55)21-29(58)18-55/h5-6,13-17,29-30,77H,2-4,7-8,10-12,18,20-25,64H2,1H3,(H,66,76). The summed E-state index contributed by atoms with van der Waals surface area (Å²) in [5, 5.41) is 34.1. The first-order chi connectivity index (χ1) is 38.8. The maximum absolute atomic E-state index is 17.5. The van der Waals surface area contributed by atoms with Gasteiger partial charge in [0.15, 0.2) is 11.4 Å². The molecule has 4 N–H and O–H groups in total. The number of hydrogen-bond donors (Lipinski definition) is 3. The van der Waals surface area contributed by atoms with Gasteiger partial charge in [-0.2, -0.15) is 20.5 Å². The van der Waals surface area contributed by atoms with Crippen LogP contribution < -0.4 is 26.2 Å². The van der Waals surface area contributed by atoms with Gasteiger partial charge in [0.05, 0.1) is 74.1 Å². The number of nitriles is 2. The number of nitrogens with zero attached hydrogens (tertiary/aromatic N) is 9. The van der Waals surface area contributed by atoms with E-state index in [0.717, 1.165) is 29.9 Å². The molecule has 12 rings (SSSR count). The normalized spacial score (nSPS) is 21.1. The molecule has 25 heteroatoms. The lowest BCUT2D eigenvalue weighted by molar-refractivity contribution is -0.172. The van der Waals surface area contributed by atoms with Crippen LogP contribution in [0.15, 0.2) is 59.4 Å². The van der Waals surface area contributed by atoms with Crippen molar-refractivity contribution in [2.24, 2.45) is 0 Å². The topological polar surface area (TPSA) is 255 Å². The van der Waals surface area contributed by atoms with Crippen molar-refractivity contribution < 1.29 is 51.3 Å². The molecule has 5 aliphatic rings. The van der Waals surface area contributed by atoms with Gasteiger partial charge in [-0.1, -0.05) is 31.2 Å². The number of esters is 1. The first-order valence-corrected chi connectivity index (χ1v) is 27.0. The molecule has 5 aliphatic heterocycles. The minimum Gasteiger partial charge on any atom is -0.461 e. The Morgan fingerprint density at radius 1 is 1.07 bits per heavy atom. The van der Waals surface area contributed by atoms with Crippen LogP contribution in [0.4, 0.5) is 38.9 Å². The summed E-state index contributed by atoms with van der Waals surface area (Å²) in [6.07, 6.45) is -0.731. The Labute approximate surface area is 466 Å². The lowest BCUT2D eigenvalue weighted by Gasteiger charge is -2.41. The van der Waals surface area contributed by atoms with Gasteiger partial charge < -0.3 is 39.4 Å². The molecular formula is C56H46ClF4N11O8S. The molecule has 0 aliphatic carbocycles. The van der Waals surface area contributed by atoms with Crippen LogP contribution in [0.1, 0.15) is 61.3 Å². The highest BCUT2D eigenvalue weighted by Gasteiger charge is 2.50. The summed E-state index contributed by atoms with van der Waals surface area (Å²) in [5.41, 5.74) is 3.81. The van der Waals surface area contributed by atoms with Crippen molar-refractivity contribution in [3.8, 4) is 40.7 Å². The van der Waals surface area contributed by atoms with E-state index in [2.05, 4.69) is 27.9 Å². The van der Waals surface area contributed by atoms with Crippen molar-refractivity contribution in [3.05, 3.63) is 110 Å². The molecule has 19 nitrogen and oxygen atoms in total. The number of piperazine rings is 1. The molecule has 2 amide bonds. The number of pyridine rings is 2. The second kappa shape index (κ2) is 20.0. The van der Waals surface area contributed by atoms with E-state index in [-0.39, 0.29) is 153 Å². The first kappa shape index (κ1) is 53.2. The maximum Gasteiger partial charge on any atom is 0.412 e. The van der Waals surface area contributed by atoms with E-state index in [1.807, 2.05) is 11.0 Å². The molecule has 3 aromatic carbocycles. The van der Waals surface area contributed by atoms with Crippen molar-refractivity contribution in [3.63, 3.8) is 0 Å². The fraction of sp³-hybridized carbons (Fsp3) is 0.339. The van der Waals surface area contributed by atoms with Gasteiger partial charge in [-0.25, -0.2) is 32.1 Å². The quantitative estimate of drug-likeness (QED) is 0.0628. The Balaban J connectivity index is 0.774. The number of carbonyl (C=O) groups is 3. The van der Waals surface area contributed by atoms with Gasteiger partial charge in [0.1, 0.15) is 60.0 Å². The molecule has 9 heterocycles. The summed E-state index contributed by atoms with van der Waals surface area (Å²) >= 11 is 7.79. The molecule has 0 bridgehead atoms. The number of thiophene rings is 1. The van der Waals surface area contributed by atoms with Gasteiger partial charge in [0, 0.05) is 77.1 Å². The molecule has 3 fully saturated rings. The second-order valence-corrected chi connectivity index (χ2v) is 22.2. The van der Waals surface area contributed by atoms with Crippen molar-refractivity contribution in [2.45, 2.75) is 75.5 Å². The summed E-state index contributed by atoms with van der Waals surface area (Å²) < 4.78 is 81.4. The number of aliphatic hydroxyl groups is 1. The molecule has 0 spiro atoms. The van der Waals surface area contributed by atoms with Crippen molar-refractivity contribution in [1.82, 2.24) is 29.3 Å². The molecule has 4 aromatic heterocycles. The number of cyclic esters (lactones) is 1. The highest BCUT2D eigenvalue weighted by atomic mass is 35.5. The summed E-state index contributed by atoms with van der Waals surface area (Å²) in [4.78, 5) is 72.6. The number of carbonyl (C=O) groups excluding carboxylic acids is 3. The number of nitrogens with two attached hydrogens (primary N) is 1. The number of aromatic nitrogens is 4. The van der Waals surface area contributed by atoms with Crippen LogP contribution in [-0.2, 0) is 37.8 Å². The number of halogens is 5. The summed E-state index contributed by atoms with van der Waals surface area (Å²) in [5.74, 6) is -3.90. The average Bonchev–Trinajstić information content (AvgIpc) is 4.27. The Hall–Kier alpha value is -8.42. The Kier molecular flexibility index (Phi) is 13.1. The van der Waals surface area contributed by atoms with Gasteiger partial charge in [0.2, 0.25) is 0 Å². The van der Waals surface area contributed by atoms with Gasteiger partial charge >= 0.3 is 18.1 Å². The van der Waals surface area contributed by atoms with E-state index < -0.39 is 70.9 Å². The fourth-order valence-electron chi connectivity index (χ4n) is 12.1. The average molecular weight is 1140 g/mol. The summed E-state index contributed by atoms with van der Waals surface area (Å²) in [6.45, 7) is 5.48. The van der Waals surface area contributed by atoms with Crippen molar-refractivity contribution in [1.29, 1.82) is 10.5 Å². The first-order valence-electron chi connectivity index (χ1n) is 25.8. The van der Waals surface area contributed by atoms with Crippen LogP contribution in [0.5, 0.6) is 6.01 Å². The molecule has 4 unspecified atom stereocenters. The lowest BCUT2D eigenvalue weighted by atomic mass is 9.86. The molecule has 0 radical (unpaired) electrons. The summed E-state index contributed by atoms with van der Waals surface area (Å²) in [7, 11) is 0. The van der Waals surface area contributed by atoms with E-state index in [4.69, 9.17) is 36.5 Å². The zero-order valence-electron chi connectivity index (χ0n) is 43.0. The monoisotopic (exact) mass is 1140 g/mol. The molecule has 414 valence electrons. The third kappa shape index (κ3) is 8.70. The van der Waals surface area contributed by atoms with E-state index >= 15 is 13.2 Å². The number of alkyl halides is 1. The van der Waals surface area contributed by atoms with E-state index in [9.17, 15) is 39.2 Å². The number of anilines is 3. The van der Waals surface area contributed by atoms with Crippen molar-refractivity contribution >= 4 is 89.3 Å². The van der Waals surface area contributed by atoms with E-state index in [1.165, 1.54) is 33.7 Å². The van der Waals surface area contributed by atoms with Crippen LogP contribution in [0, 0.1) is 40.1 Å². The Bertz CT molecular complexity index is 4090. The smallest absolute Gasteiger partial charge is 0.412 e. The lowest BCUT2D eigenvalue weighted by Crippen LogP contribution is -2.56. The van der Waals surface area contributed by atoms with Crippen LogP contribution in [-0.4, -0.2) is 116 Å². The minimum absolute atomic E-state index is 0.00610. The zero-order chi connectivity index (χ0) is 57.0. The molecule has 0 saturated carbocycles. The molecule has 81 heavy (non-hydrogen) atoms. The number of hydrogen-bond acceptors (Lipinski definition) is 17. The van der Waals surface area contributed by atoms with Gasteiger partial charge in [-0.3, -0.25) is 19.8 Å². The fourth-order valence-corrected chi connectivity index (χ4v) is 13.4. The number of ether oxygens (including phenoxy) is 3. The molecular weight excluding hydrogens is 1100 g/mol. The van der Waals surface area contributed by atoms with Crippen molar-refractivity contribution in [2.75, 3.05) is 61.9 Å². The molecule has 3 saturated heterocycles. The number of fused-ring (bicyclic) bond motifs is 8. The third-order valence-electron chi connectivity index (χ3n) is 16.2. The maximum atomic E-state index is 17.5. The third-order valence-corrected chi connectivity index (χ3v) is 17.5. The number of nitrogen functional groups attached to an aromatic ring is 1. The van der Waals surface area contributed by atoms with E-state index in [1.54, 1.807) is 17.9 Å². The van der Waals surface area contributed by atoms with Crippen LogP contribution in [0.25, 0.3) is 54.4 Å². The van der Waals surface area contributed by atoms with Crippen LogP contribution >= 0.6 is 22.9 Å². The van der Waals surface area contributed by atoms with Gasteiger partial charge in [-0.15, -0.1) is 11.3 Å². The van der Waals surface area contributed by atoms with Crippen LogP contribution in [0.3, 0.4) is 0 Å². The highest BCUT2D eigenvalue weighted by molar-refractivity contribution is 7.23. The van der Waals surface area contributed by atoms with Gasteiger partial charge in [0.25, 0.3) is 11.5 Å². The summed E-state index contributed by atoms with van der Waals surface area (Å²) in [6, 6.07) is 12.5. The predicted octanol–water partition coefficient (Wildman–Crippen LogP) is 8.12. The zero-order valence-corrected chi connectivity index (χ0v) is 44.6. The Morgan fingerprint density at radius 2 is 1.89 bits per heavy atom. The molecule has 7 aromatic rings. The van der Waals surface area contributed by atoms with Crippen LogP contribution in [0.2, 0.25) is 5.02 Å². The SMILES string of the molecule is C=C(COC(=O)Nc1cc2cc3c(nc2cc1F)-c1cc2c(c(=O)n1C3)COC(=O)C2(O)CC)C(=O)N1CCN(c2nc(OCC34CCCN3CC(F)C4)nc3c(F)c(-c4ccc(F)c5sc(N)c(C#N)c45)c(Cl)cc23)CC1CC#N. The largest absolute Gasteiger partial charge is 0.461 e. The van der Waals surface area contributed by atoms with Gasteiger partial charge in [-0.05, 0) is 61.7 Å². The number of amides is 2. The Morgan fingerprint density at radius 3 is 2.67 bits per heavy atom.